The van der Waals surface area contributed by atoms with Crippen molar-refractivity contribution in [3.05, 3.63) is 35.6 Å². The zero-order valence-electron chi connectivity index (χ0n) is 12.9. The predicted octanol–water partition coefficient (Wildman–Crippen LogP) is 3.45. The van der Waals surface area contributed by atoms with Gasteiger partial charge in [-0.25, -0.2) is 4.39 Å². The van der Waals surface area contributed by atoms with Crippen LogP contribution in [-0.2, 0) is 0 Å². The summed E-state index contributed by atoms with van der Waals surface area (Å²) in [5, 5.41) is 3.48. The molecule has 1 saturated heterocycles. The molecule has 1 fully saturated rings. The minimum absolute atomic E-state index is 0.145. The van der Waals surface area contributed by atoms with Crippen molar-refractivity contribution in [2.45, 2.75) is 33.2 Å². The summed E-state index contributed by atoms with van der Waals surface area (Å²) in [4.78, 5) is 2.54. The van der Waals surface area contributed by atoms with Gasteiger partial charge >= 0.3 is 0 Å². The van der Waals surface area contributed by atoms with Crippen LogP contribution in [0.3, 0.4) is 0 Å². The summed E-state index contributed by atoms with van der Waals surface area (Å²) in [6.45, 7) is 11.2. The molecule has 3 heteroatoms. The summed E-state index contributed by atoms with van der Waals surface area (Å²) in [5.41, 5.74) is 1.06. The third-order valence-corrected chi connectivity index (χ3v) is 4.50. The van der Waals surface area contributed by atoms with Crippen LogP contribution in [0.25, 0.3) is 0 Å². The molecule has 3 atom stereocenters. The highest BCUT2D eigenvalue weighted by Gasteiger charge is 2.26. The molecule has 1 aliphatic heterocycles. The van der Waals surface area contributed by atoms with Gasteiger partial charge in [0.1, 0.15) is 5.82 Å². The summed E-state index contributed by atoms with van der Waals surface area (Å²) in [6.07, 6.45) is 1.04. The van der Waals surface area contributed by atoms with Gasteiger partial charge in [0.2, 0.25) is 0 Å². The molecule has 0 amide bonds. The first kappa shape index (κ1) is 15.5. The Morgan fingerprint density at radius 1 is 1.30 bits per heavy atom. The Bertz CT molecular complexity index is 411. The number of benzene rings is 1. The van der Waals surface area contributed by atoms with Crippen LogP contribution in [-0.4, -0.2) is 31.1 Å². The number of likely N-dealkylation sites (tertiary alicyclic amines) is 1. The third-order valence-electron chi connectivity index (χ3n) is 4.50. The van der Waals surface area contributed by atoms with Gasteiger partial charge in [0, 0.05) is 19.1 Å². The van der Waals surface area contributed by atoms with E-state index in [4.69, 9.17) is 0 Å². The molecule has 1 aliphatic rings. The van der Waals surface area contributed by atoms with E-state index in [-0.39, 0.29) is 11.9 Å². The fourth-order valence-corrected chi connectivity index (χ4v) is 3.10. The Labute approximate surface area is 122 Å². The van der Waals surface area contributed by atoms with E-state index in [9.17, 15) is 4.39 Å². The largest absolute Gasteiger partial charge is 0.310 e. The number of hydrogen-bond donors (Lipinski definition) is 1. The second-order valence-electron chi connectivity index (χ2n) is 6.17. The van der Waals surface area contributed by atoms with Crippen molar-refractivity contribution in [3.63, 3.8) is 0 Å². The molecule has 112 valence electrons. The molecule has 0 bridgehead atoms. The van der Waals surface area contributed by atoms with Crippen molar-refractivity contribution in [2.24, 2.45) is 11.8 Å². The zero-order valence-corrected chi connectivity index (χ0v) is 12.9. The molecule has 1 N–H and O–H groups in total. The van der Waals surface area contributed by atoms with E-state index in [0.29, 0.717) is 0 Å². The maximum atomic E-state index is 13.4. The van der Waals surface area contributed by atoms with Crippen molar-refractivity contribution in [1.82, 2.24) is 10.2 Å². The summed E-state index contributed by atoms with van der Waals surface area (Å²) in [7, 11) is 0. The second-order valence-corrected chi connectivity index (χ2v) is 6.17. The molecule has 1 aromatic carbocycles. The third kappa shape index (κ3) is 4.03. The van der Waals surface area contributed by atoms with Gasteiger partial charge in [-0.2, -0.15) is 0 Å². The highest BCUT2D eigenvalue weighted by Crippen LogP contribution is 2.24. The maximum absolute atomic E-state index is 13.4. The van der Waals surface area contributed by atoms with Gasteiger partial charge in [-0.15, -0.1) is 0 Å². The minimum atomic E-state index is -0.145. The SMILES string of the molecule is CCNC(CCN1CC(C)C(C)C1)c1cccc(F)c1. The quantitative estimate of drug-likeness (QED) is 0.857. The van der Waals surface area contributed by atoms with Crippen LogP contribution in [0.1, 0.15) is 38.8 Å². The van der Waals surface area contributed by atoms with Gasteiger partial charge in [-0.3, -0.25) is 0 Å². The van der Waals surface area contributed by atoms with Gasteiger partial charge in [0.15, 0.2) is 0 Å². The normalized spacial score (nSPS) is 25.0. The Morgan fingerprint density at radius 3 is 2.60 bits per heavy atom. The van der Waals surface area contributed by atoms with Crippen LogP contribution in [0.15, 0.2) is 24.3 Å². The smallest absolute Gasteiger partial charge is 0.123 e. The van der Waals surface area contributed by atoms with Crippen molar-refractivity contribution in [2.75, 3.05) is 26.2 Å². The Hall–Kier alpha value is -0.930. The molecule has 0 aromatic heterocycles. The van der Waals surface area contributed by atoms with Crippen LogP contribution in [0, 0.1) is 17.7 Å². The summed E-state index contributed by atoms with van der Waals surface area (Å²) >= 11 is 0. The van der Waals surface area contributed by atoms with Crippen LogP contribution in [0.4, 0.5) is 4.39 Å². The molecule has 2 rings (SSSR count). The van der Waals surface area contributed by atoms with Crippen molar-refractivity contribution in [1.29, 1.82) is 0 Å². The van der Waals surface area contributed by atoms with Gasteiger partial charge in [-0.05, 0) is 49.0 Å². The van der Waals surface area contributed by atoms with E-state index in [0.717, 1.165) is 36.9 Å². The van der Waals surface area contributed by atoms with Crippen LogP contribution < -0.4 is 5.32 Å². The molecule has 0 radical (unpaired) electrons. The van der Waals surface area contributed by atoms with Crippen LogP contribution >= 0.6 is 0 Å². The number of rotatable bonds is 6. The maximum Gasteiger partial charge on any atom is 0.123 e. The zero-order chi connectivity index (χ0) is 14.5. The average molecular weight is 278 g/mol. The monoisotopic (exact) mass is 278 g/mol. The van der Waals surface area contributed by atoms with E-state index in [1.165, 1.54) is 19.2 Å². The first-order valence-electron chi connectivity index (χ1n) is 7.81. The molecule has 3 unspecified atom stereocenters. The highest BCUT2D eigenvalue weighted by molar-refractivity contribution is 5.20. The topological polar surface area (TPSA) is 15.3 Å². The summed E-state index contributed by atoms with van der Waals surface area (Å²) in [6, 6.07) is 7.24. The van der Waals surface area contributed by atoms with E-state index in [2.05, 4.69) is 31.0 Å². The molecule has 0 spiro atoms. The van der Waals surface area contributed by atoms with Crippen LogP contribution in [0.5, 0.6) is 0 Å². The molecule has 20 heavy (non-hydrogen) atoms. The molecule has 1 heterocycles. The number of nitrogens with one attached hydrogen (secondary N) is 1. The van der Waals surface area contributed by atoms with Crippen molar-refractivity contribution >= 4 is 0 Å². The highest BCUT2D eigenvalue weighted by atomic mass is 19.1. The lowest BCUT2D eigenvalue weighted by Crippen LogP contribution is -2.28. The lowest BCUT2D eigenvalue weighted by molar-refractivity contribution is 0.299. The lowest BCUT2D eigenvalue weighted by Gasteiger charge is -2.22. The lowest BCUT2D eigenvalue weighted by atomic mass is 10.0. The Kier molecular flexibility index (Phi) is 5.55. The molecule has 0 saturated carbocycles. The Morgan fingerprint density at radius 2 is 2.00 bits per heavy atom. The van der Waals surface area contributed by atoms with Gasteiger partial charge < -0.3 is 10.2 Å². The van der Waals surface area contributed by atoms with E-state index in [1.54, 1.807) is 12.1 Å². The first-order valence-corrected chi connectivity index (χ1v) is 7.81. The first-order chi connectivity index (χ1) is 9.60. The molecule has 2 nitrogen and oxygen atoms in total. The average Bonchev–Trinajstić information content (AvgIpc) is 2.74. The van der Waals surface area contributed by atoms with Crippen molar-refractivity contribution < 1.29 is 4.39 Å². The summed E-state index contributed by atoms with van der Waals surface area (Å²) in [5.74, 6) is 1.44. The molecule has 0 aliphatic carbocycles. The number of hydrogen-bond acceptors (Lipinski definition) is 2. The van der Waals surface area contributed by atoms with Crippen molar-refractivity contribution in [3.8, 4) is 0 Å². The standard InChI is InChI=1S/C17H27FN2/c1-4-19-17(15-6-5-7-16(18)10-15)8-9-20-11-13(2)14(3)12-20/h5-7,10,13-14,17,19H,4,8-9,11-12H2,1-3H3. The second kappa shape index (κ2) is 7.19. The van der Waals surface area contributed by atoms with Gasteiger partial charge in [0.25, 0.3) is 0 Å². The Balaban J connectivity index is 1.93. The van der Waals surface area contributed by atoms with Crippen LogP contribution in [0.2, 0.25) is 0 Å². The molecular weight excluding hydrogens is 251 g/mol. The minimum Gasteiger partial charge on any atom is -0.310 e. The molecule has 1 aromatic rings. The fourth-order valence-electron chi connectivity index (χ4n) is 3.10. The predicted molar refractivity (Wildman–Crippen MR) is 82.2 cm³/mol. The molecular formula is C17H27FN2. The number of nitrogens with zero attached hydrogens (tertiary/aromatic N) is 1. The van der Waals surface area contributed by atoms with E-state index in [1.807, 2.05) is 6.07 Å². The fraction of sp³-hybridized carbons (Fsp3) is 0.647. The van der Waals surface area contributed by atoms with Gasteiger partial charge in [-0.1, -0.05) is 32.9 Å². The van der Waals surface area contributed by atoms with E-state index < -0.39 is 0 Å². The number of halogens is 1. The van der Waals surface area contributed by atoms with E-state index >= 15 is 0 Å². The van der Waals surface area contributed by atoms with Gasteiger partial charge in [0.05, 0.1) is 0 Å². The summed E-state index contributed by atoms with van der Waals surface area (Å²) < 4.78 is 13.4.